The van der Waals surface area contributed by atoms with Crippen LogP contribution in [0.15, 0.2) is 36.0 Å². The fraction of sp³-hybridized carbons (Fsp3) is 0.400. The van der Waals surface area contributed by atoms with Crippen molar-refractivity contribution in [1.29, 1.82) is 0 Å². The summed E-state index contributed by atoms with van der Waals surface area (Å²) in [4.78, 5) is 12.9. The molecule has 1 atom stereocenters. The van der Waals surface area contributed by atoms with E-state index in [1.807, 2.05) is 47.5 Å². The molecule has 0 spiro atoms. The van der Waals surface area contributed by atoms with E-state index in [9.17, 15) is 4.79 Å². The van der Waals surface area contributed by atoms with E-state index in [0.717, 1.165) is 23.4 Å². The zero-order valence-corrected chi connectivity index (χ0v) is 12.4. The number of aromatic nitrogens is 1. The first-order valence-corrected chi connectivity index (χ1v) is 7.70. The lowest BCUT2D eigenvalue weighted by Crippen LogP contribution is -2.25. The van der Waals surface area contributed by atoms with Crippen molar-refractivity contribution >= 4 is 17.2 Å². The van der Waals surface area contributed by atoms with Crippen LogP contribution in [-0.4, -0.2) is 28.7 Å². The number of hydrogen-bond acceptors (Lipinski definition) is 3. The molecule has 0 saturated heterocycles. The highest BCUT2D eigenvalue weighted by atomic mass is 32.1. The number of amides is 1. The zero-order chi connectivity index (χ0) is 14.4. The Kier molecular flexibility index (Phi) is 5.38. The number of rotatable bonds is 7. The van der Waals surface area contributed by atoms with Gasteiger partial charge in [0.2, 0.25) is 0 Å². The van der Waals surface area contributed by atoms with E-state index >= 15 is 0 Å². The molecule has 2 aromatic heterocycles. The van der Waals surface area contributed by atoms with Crippen molar-refractivity contribution in [3.05, 3.63) is 40.8 Å². The molecule has 2 heterocycles. The van der Waals surface area contributed by atoms with E-state index in [1.54, 1.807) is 0 Å². The molecule has 5 heteroatoms. The van der Waals surface area contributed by atoms with Crippen LogP contribution in [0.1, 0.15) is 29.4 Å². The molecule has 0 aliphatic rings. The van der Waals surface area contributed by atoms with E-state index in [0.29, 0.717) is 12.5 Å². The van der Waals surface area contributed by atoms with Crippen LogP contribution >= 0.6 is 11.3 Å². The number of nitrogens with zero attached hydrogens (tertiary/aromatic N) is 1. The van der Waals surface area contributed by atoms with Gasteiger partial charge in [-0.2, -0.15) is 0 Å². The van der Waals surface area contributed by atoms with E-state index in [4.69, 9.17) is 5.11 Å². The maximum absolute atomic E-state index is 12.2. The van der Waals surface area contributed by atoms with Gasteiger partial charge in [-0.3, -0.25) is 4.79 Å². The molecule has 0 saturated carbocycles. The highest BCUT2D eigenvalue weighted by Crippen LogP contribution is 2.21. The van der Waals surface area contributed by atoms with Crippen molar-refractivity contribution in [3.8, 4) is 5.69 Å². The predicted octanol–water partition coefficient (Wildman–Crippen LogP) is 2.68. The van der Waals surface area contributed by atoms with Gasteiger partial charge in [-0.1, -0.05) is 6.92 Å². The molecular formula is C15H20N2O2S. The Labute approximate surface area is 123 Å². The van der Waals surface area contributed by atoms with Gasteiger partial charge in [0.1, 0.15) is 4.88 Å². The molecule has 0 bridgehead atoms. The van der Waals surface area contributed by atoms with Crippen LogP contribution in [-0.2, 0) is 0 Å². The molecule has 2 N–H and O–H groups in total. The third-order valence-electron chi connectivity index (χ3n) is 3.20. The van der Waals surface area contributed by atoms with Crippen LogP contribution in [0.2, 0.25) is 0 Å². The smallest absolute Gasteiger partial charge is 0.263 e. The van der Waals surface area contributed by atoms with E-state index in [2.05, 4.69) is 5.32 Å². The lowest BCUT2D eigenvalue weighted by Gasteiger charge is -2.09. The third-order valence-corrected chi connectivity index (χ3v) is 4.11. The number of aliphatic hydroxyl groups is 1. The number of carbonyl (C=O) groups excluding carboxylic acids is 1. The van der Waals surface area contributed by atoms with Crippen LogP contribution in [0, 0.1) is 5.92 Å². The summed E-state index contributed by atoms with van der Waals surface area (Å²) in [5.41, 5.74) is 0.918. The minimum atomic E-state index is -0.0275. The maximum Gasteiger partial charge on any atom is 0.263 e. The molecule has 0 aliphatic heterocycles. The Morgan fingerprint density at radius 1 is 1.45 bits per heavy atom. The predicted molar refractivity (Wildman–Crippen MR) is 81.5 cm³/mol. The van der Waals surface area contributed by atoms with Gasteiger partial charge in [-0.15, -0.1) is 11.3 Å². The van der Waals surface area contributed by atoms with Gasteiger partial charge in [-0.25, -0.2) is 0 Å². The summed E-state index contributed by atoms with van der Waals surface area (Å²) in [6, 6.07) is 5.83. The van der Waals surface area contributed by atoms with Crippen LogP contribution in [0.4, 0.5) is 0 Å². The van der Waals surface area contributed by atoms with Gasteiger partial charge in [0, 0.05) is 25.5 Å². The average Bonchev–Trinajstić information content (AvgIpc) is 3.11. The zero-order valence-electron chi connectivity index (χ0n) is 11.6. The molecule has 4 nitrogen and oxygen atoms in total. The van der Waals surface area contributed by atoms with Crippen molar-refractivity contribution in [3.63, 3.8) is 0 Å². The summed E-state index contributed by atoms with van der Waals surface area (Å²) < 4.78 is 1.94. The topological polar surface area (TPSA) is 54.3 Å². The van der Waals surface area contributed by atoms with E-state index in [-0.39, 0.29) is 12.5 Å². The maximum atomic E-state index is 12.2. The largest absolute Gasteiger partial charge is 0.396 e. The molecule has 1 amide bonds. The van der Waals surface area contributed by atoms with Gasteiger partial charge >= 0.3 is 0 Å². The molecule has 2 rings (SSSR count). The molecule has 1 unspecified atom stereocenters. The third kappa shape index (κ3) is 3.71. The Balaban J connectivity index is 1.89. The standard InChI is InChI=1S/C15H20N2O2S/c1-12(11-18)5-4-7-16-15(19)14-13(6-10-20-14)17-8-2-3-9-17/h2-3,6,8-10,12,18H,4-5,7,11H2,1H3,(H,16,19). The Morgan fingerprint density at radius 3 is 2.90 bits per heavy atom. The van der Waals surface area contributed by atoms with Crippen LogP contribution in [0.5, 0.6) is 0 Å². The van der Waals surface area contributed by atoms with Gasteiger partial charge in [0.25, 0.3) is 5.91 Å². The molecule has 0 radical (unpaired) electrons. The molecule has 108 valence electrons. The van der Waals surface area contributed by atoms with Gasteiger partial charge in [0.15, 0.2) is 0 Å². The van der Waals surface area contributed by atoms with Crippen molar-refractivity contribution in [2.24, 2.45) is 5.92 Å². The second-order valence-electron chi connectivity index (χ2n) is 4.91. The molecule has 0 aromatic carbocycles. The second-order valence-corrected chi connectivity index (χ2v) is 5.83. The van der Waals surface area contributed by atoms with Crippen molar-refractivity contribution in [2.45, 2.75) is 19.8 Å². The summed E-state index contributed by atoms with van der Waals surface area (Å²) in [5, 5.41) is 13.8. The van der Waals surface area contributed by atoms with Crippen molar-refractivity contribution < 1.29 is 9.90 Å². The van der Waals surface area contributed by atoms with Crippen LogP contribution in [0.25, 0.3) is 5.69 Å². The molecule has 0 fully saturated rings. The minimum Gasteiger partial charge on any atom is -0.396 e. The summed E-state index contributed by atoms with van der Waals surface area (Å²) in [7, 11) is 0. The highest BCUT2D eigenvalue weighted by molar-refractivity contribution is 7.12. The average molecular weight is 292 g/mol. The SMILES string of the molecule is CC(CO)CCCNC(=O)c1sccc1-n1cccc1. The van der Waals surface area contributed by atoms with E-state index < -0.39 is 0 Å². The van der Waals surface area contributed by atoms with Crippen LogP contribution < -0.4 is 5.32 Å². The van der Waals surface area contributed by atoms with Crippen LogP contribution in [0.3, 0.4) is 0 Å². The summed E-state index contributed by atoms with van der Waals surface area (Å²) >= 11 is 1.45. The Bertz CT molecular complexity index is 534. The molecule has 20 heavy (non-hydrogen) atoms. The fourth-order valence-corrected chi connectivity index (χ4v) is 2.80. The Morgan fingerprint density at radius 2 is 2.20 bits per heavy atom. The summed E-state index contributed by atoms with van der Waals surface area (Å²) in [6.07, 6.45) is 5.67. The lowest BCUT2D eigenvalue weighted by molar-refractivity contribution is 0.0956. The minimum absolute atomic E-state index is 0.0275. The number of aliphatic hydroxyl groups excluding tert-OH is 1. The lowest BCUT2D eigenvalue weighted by atomic mass is 10.1. The quantitative estimate of drug-likeness (QED) is 0.771. The molecular weight excluding hydrogens is 272 g/mol. The number of nitrogens with one attached hydrogen (secondary N) is 1. The number of carbonyl (C=O) groups is 1. The fourth-order valence-electron chi connectivity index (χ4n) is 1.99. The Hall–Kier alpha value is -1.59. The summed E-state index contributed by atoms with van der Waals surface area (Å²) in [6.45, 7) is 2.86. The highest BCUT2D eigenvalue weighted by Gasteiger charge is 2.13. The first-order chi connectivity index (χ1) is 9.72. The van der Waals surface area contributed by atoms with Gasteiger partial charge in [0.05, 0.1) is 5.69 Å². The molecule has 0 aliphatic carbocycles. The molecule has 2 aromatic rings. The first-order valence-electron chi connectivity index (χ1n) is 6.82. The number of thiophene rings is 1. The second kappa shape index (κ2) is 7.26. The summed E-state index contributed by atoms with van der Waals surface area (Å²) in [5.74, 6) is 0.268. The normalized spacial score (nSPS) is 12.3. The van der Waals surface area contributed by atoms with E-state index in [1.165, 1.54) is 11.3 Å². The van der Waals surface area contributed by atoms with Crippen molar-refractivity contribution in [1.82, 2.24) is 9.88 Å². The van der Waals surface area contributed by atoms with Gasteiger partial charge in [-0.05, 0) is 42.3 Å². The monoisotopic (exact) mass is 292 g/mol. The van der Waals surface area contributed by atoms with Gasteiger partial charge < -0.3 is 15.0 Å². The first kappa shape index (κ1) is 14.8. The van der Waals surface area contributed by atoms with Crippen molar-refractivity contribution in [2.75, 3.05) is 13.2 Å². The number of hydrogen-bond donors (Lipinski definition) is 2.